The first-order chi connectivity index (χ1) is 12.9. The Balaban J connectivity index is 1.65. The van der Waals surface area contributed by atoms with Crippen LogP contribution in [0.2, 0.25) is 0 Å². The quantitative estimate of drug-likeness (QED) is 0.458. The minimum Gasteiger partial charge on any atom is -0.265 e. The van der Waals surface area contributed by atoms with Crippen molar-refractivity contribution in [3.05, 3.63) is 67.3 Å². The summed E-state index contributed by atoms with van der Waals surface area (Å²) >= 11 is 1.40. The van der Waals surface area contributed by atoms with Crippen LogP contribution in [-0.2, 0) is 0 Å². The van der Waals surface area contributed by atoms with E-state index in [1.54, 1.807) is 23.1 Å². The summed E-state index contributed by atoms with van der Waals surface area (Å²) in [6.45, 7) is 0. The van der Waals surface area contributed by atoms with Gasteiger partial charge < -0.3 is 0 Å². The second-order valence-electron chi connectivity index (χ2n) is 5.47. The monoisotopic (exact) mass is 357 g/mol. The molecule has 124 valence electrons. The summed E-state index contributed by atoms with van der Waals surface area (Å²) in [6.07, 6.45) is 6.98. The van der Waals surface area contributed by atoms with Gasteiger partial charge in [0, 0.05) is 35.7 Å². The van der Waals surface area contributed by atoms with Crippen LogP contribution >= 0.6 is 11.8 Å². The van der Waals surface area contributed by atoms with Crippen LogP contribution in [0.25, 0.3) is 28.1 Å². The van der Waals surface area contributed by atoms with E-state index in [0.717, 1.165) is 21.5 Å². The summed E-state index contributed by atoms with van der Waals surface area (Å²) in [4.78, 5) is 22.1. The number of rotatable bonds is 3. The lowest BCUT2D eigenvalue weighted by atomic mass is 10.2. The fourth-order valence-electron chi connectivity index (χ4n) is 2.60. The molecule has 5 aromatic rings. The molecule has 0 saturated heterocycles. The molecular weight excluding hydrogens is 346 g/mol. The highest BCUT2D eigenvalue weighted by molar-refractivity contribution is 7.99. The molecule has 4 heterocycles. The normalized spacial score (nSPS) is 11.2. The van der Waals surface area contributed by atoms with Crippen molar-refractivity contribution in [1.82, 2.24) is 34.5 Å². The van der Waals surface area contributed by atoms with E-state index >= 15 is 0 Å². The zero-order chi connectivity index (χ0) is 17.3. The van der Waals surface area contributed by atoms with E-state index in [9.17, 15) is 0 Å². The summed E-state index contributed by atoms with van der Waals surface area (Å²) in [5.41, 5.74) is 1.79. The highest BCUT2D eigenvalue weighted by Gasteiger charge is 2.13. The van der Waals surface area contributed by atoms with E-state index in [4.69, 9.17) is 4.98 Å². The summed E-state index contributed by atoms with van der Waals surface area (Å²) in [5, 5.41) is 6.81. The smallest absolute Gasteiger partial charge is 0.253 e. The highest BCUT2D eigenvalue weighted by Crippen LogP contribution is 2.31. The molecule has 7 nitrogen and oxygen atoms in total. The molecule has 0 fully saturated rings. The van der Waals surface area contributed by atoms with Crippen molar-refractivity contribution < 1.29 is 0 Å². The van der Waals surface area contributed by atoms with Gasteiger partial charge in [0.1, 0.15) is 5.03 Å². The summed E-state index contributed by atoms with van der Waals surface area (Å²) in [5.74, 6) is 1.21. The number of aromatic nitrogens is 7. The van der Waals surface area contributed by atoms with Gasteiger partial charge in [-0.25, -0.2) is 19.5 Å². The average Bonchev–Trinajstić information content (AvgIpc) is 3.11. The fourth-order valence-corrected chi connectivity index (χ4v) is 3.44. The van der Waals surface area contributed by atoms with Crippen molar-refractivity contribution >= 4 is 28.4 Å². The Morgan fingerprint density at radius 1 is 0.846 bits per heavy atom. The first-order valence-electron chi connectivity index (χ1n) is 7.89. The lowest BCUT2D eigenvalue weighted by Crippen LogP contribution is -1.94. The molecule has 0 aliphatic heterocycles. The maximum absolute atomic E-state index is 4.75. The van der Waals surface area contributed by atoms with Gasteiger partial charge >= 0.3 is 0 Å². The summed E-state index contributed by atoms with van der Waals surface area (Å²) < 4.78 is 1.65. The number of hydrogen-bond donors (Lipinski definition) is 0. The van der Waals surface area contributed by atoms with Gasteiger partial charge in [-0.05, 0) is 36.0 Å². The van der Waals surface area contributed by atoms with Crippen LogP contribution in [0.15, 0.2) is 77.4 Å². The van der Waals surface area contributed by atoms with Gasteiger partial charge in [0.2, 0.25) is 5.16 Å². The lowest BCUT2D eigenvalue weighted by molar-refractivity contribution is 0.878. The Morgan fingerprint density at radius 3 is 2.62 bits per heavy atom. The van der Waals surface area contributed by atoms with Crippen molar-refractivity contribution in [1.29, 1.82) is 0 Å². The van der Waals surface area contributed by atoms with E-state index in [1.807, 2.05) is 48.7 Å². The van der Waals surface area contributed by atoms with Crippen molar-refractivity contribution in [2.45, 2.75) is 10.2 Å². The molecule has 5 rings (SSSR count). The Morgan fingerprint density at radius 2 is 1.73 bits per heavy atom. The molecule has 8 heteroatoms. The zero-order valence-corrected chi connectivity index (χ0v) is 14.2. The summed E-state index contributed by atoms with van der Waals surface area (Å²) in [7, 11) is 0. The van der Waals surface area contributed by atoms with Crippen LogP contribution in [0.4, 0.5) is 0 Å². The van der Waals surface area contributed by atoms with Crippen LogP contribution in [0, 0.1) is 0 Å². The highest BCUT2D eigenvalue weighted by atomic mass is 32.2. The van der Waals surface area contributed by atoms with Gasteiger partial charge in [0.15, 0.2) is 5.82 Å². The Bertz CT molecular complexity index is 1190. The number of fused-ring (bicyclic) bond motifs is 2. The lowest BCUT2D eigenvalue weighted by Gasteiger charge is -2.07. The van der Waals surface area contributed by atoms with Crippen molar-refractivity contribution in [2.24, 2.45) is 0 Å². The second-order valence-corrected chi connectivity index (χ2v) is 6.42. The van der Waals surface area contributed by atoms with Crippen LogP contribution in [0.3, 0.4) is 0 Å². The van der Waals surface area contributed by atoms with Crippen molar-refractivity contribution in [3.8, 4) is 11.4 Å². The molecule has 0 saturated carbocycles. The van der Waals surface area contributed by atoms with E-state index in [1.165, 1.54) is 11.8 Å². The predicted molar refractivity (Wildman–Crippen MR) is 97.7 cm³/mol. The molecule has 0 aliphatic carbocycles. The van der Waals surface area contributed by atoms with E-state index < -0.39 is 0 Å². The molecule has 0 aliphatic rings. The third kappa shape index (κ3) is 2.66. The molecule has 1 aromatic carbocycles. The fraction of sp³-hybridized carbons (Fsp3) is 0. The van der Waals surface area contributed by atoms with Gasteiger partial charge in [-0.1, -0.05) is 18.2 Å². The number of hydrogen-bond acceptors (Lipinski definition) is 7. The largest absolute Gasteiger partial charge is 0.265 e. The van der Waals surface area contributed by atoms with Gasteiger partial charge in [-0.2, -0.15) is 4.98 Å². The standard InChI is InChI=1S/C18H11N7S/c1-2-5-14-13(4-1)16(22-15(21-14)12-6-9-19-10-7-12)26-18-23-17-20-8-3-11-25(17)24-18/h1-11H. The Labute approximate surface area is 152 Å². The molecule has 26 heavy (non-hydrogen) atoms. The molecule has 0 bridgehead atoms. The van der Waals surface area contributed by atoms with Crippen LogP contribution in [0.5, 0.6) is 0 Å². The SMILES string of the molecule is c1ccc2c(Sc3nc4ncccn4n3)nc(-c3ccncc3)nc2c1. The minimum absolute atomic E-state index is 0.558. The second kappa shape index (κ2) is 6.16. The topological polar surface area (TPSA) is 81.8 Å². The number of pyridine rings is 1. The molecule has 0 N–H and O–H groups in total. The van der Waals surface area contributed by atoms with Crippen LogP contribution < -0.4 is 0 Å². The van der Waals surface area contributed by atoms with Gasteiger partial charge in [0.05, 0.1) is 5.52 Å². The molecule has 0 unspecified atom stereocenters. The third-order valence-corrected chi connectivity index (χ3v) is 4.65. The molecule has 0 spiro atoms. The Hall–Kier alpha value is -3.39. The van der Waals surface area contributed by atoms with Crippen molar-refractivity contribution in [3.63, 3.8) is 0 Å². The third-order valence-electron chi connectivity index (χ3n) is 3.79. The van der Waals surface area contributed by atoms with Gasteiger partial charge in [0.25, 0.3) is 5.78 Å². The molecular formula is C18H11N7S. The van der Waals surface area contributed by atoms with E-state index in [2.05, 4.69) is 25.0 Å². The van der Waals surface area contributed by atoms with Crippen LogP contribution in [-0.4, -0.2) is 34.5 Å². The predicted octanol–water partition coefficient (Wildman–Crippen LogP) is 3.28. The average molecular weight is 357 g/mol. The number of benzene rings is 1. The first-order valence-corrected chi connectivity index (χ1v) is 8.71. The summed E-state index contributed by atoms with van der Waals surface area (Å²) in [6, 6.07) is 13.5. The molecule has 0 amide bonds. The van der Waals surface area contributed by atoms with E-state index in [0.29, 0.717) is 16.8 Å². The molecule has 0 atom stereocenters. The maximum Gasteiger partial charge on any atom is 0.253 e. The van der Waals surface area contributed by atoms with Crippen molar-refractivity contribution in [2.75, 3.05) is 0 Å². The zero-order valence-electron chi connectivity index (χ0n) is 13.4. The van der Waals surface area contributed by atoms with Crippen LogP contribution in [0.1, 0.15) is 0 Å². The molecule has 4 aromatic heterocycles. The Kier molecular flexibility index (Phi) is 3.53. The minimum atomic E-state index is 0.558. The molecule has 0 radical (unpaired) electrons. The maximum atomic E-state index is 4.75. The van der Waals surface area contributed by atoms with Gasteiger partial charge in [-0.15, -0.1) is 5.10 Å². The van der Waals surface area contributed by atoms with Gasteiger partial charge in [-0.3, -0.25) is 4.98 Å². The first kappa shape index (κ1) is 14.9. The van der Waals surface area contributed by atoms with E-state index in [-0.39, 0.29) is 0 Å². The number of para-hydroxylation sites is 1. The number of nitrogens with zero attached hydrogens (tertiary/aromatic N) is 7.